The monoisotopic (exact) mass is 346 g/mol. The van der Waals surface area contributed by atoms with Gasteiger partial charge < -0.3 is 5.73 Å². The number of nitrogens with two attached hydrogens (primary N) is 1. The Labute approximate surface area is 121 Å². The van der Waals surface area contributed by atoms with E-state index in [1.165, 1.54) is 12.1 Å². The Kier molecular flexibility index (Phi) is 5.08. The first-order valence-electron chi connectivity index (χ1n) is 4.95. The van der Waals surface area contributed by atoms with Crippen LogP contribution in [0.15, 0.2) is 17.0 Å². The van der Waals surface area contributed by atoms with E-state index in [-0.39, 0.29) is 32.9 Å². The van der Waals surface area contributed by atoms with Gasteiger partial charge in [0.2, 0.25) is 10.0 Å². The molecule has 0 aliphatic rings. The first-order valence-corrected chi connectivity index (χ1v) is 9.25. The quantitative estimate of drug-likeness (QED) is 0.770. The second-order valence-electron chi connectivity index (χ2n) is 3.83. The lowest BCUT2D eigenvalue weighted by molar-refractivity contribution is 0.582. The standard InChI is InChI=1S/C9H12Cl2N2O4S2/c1-18(14,15)3-2-13-19(16,17)9-7(11)4-6(10)5-8(9)12/h4-5,13H,2-3,12H2,1H3. The van der Waals surface area contributed by atoms with Crippen molar-refractivity contribution in [1.82, 2.24) is 4.72 Å². The molecule has 0 unspecified atom stereocenters. The molecular weight excluding hydrogens is 335 g/mol. The molecule has 1 aromatic carbocycles. The minimum Gasteiger partial charge on any atom is -0.398 e. The molecule has 0 atom stereocenters. The van der Waals surface area contributed by atoms with Crippen molar-refractivity contribution in [2.24, 2.45) is 0 Å². The van der Waals surface area contributed by atoms with Gasteiger partial charge in [-0.15, -0.1) is 0 Å². The lowest BCUT2D eigenvalue weighted by Crippen LogP contribution is -2.29. The zero-order valence-corrected chi connectivity index (χ0v) is 13.0. The van der Waals surface area contributed by atoms with Crippen LogP contribution in [0.4, 0.5) is 5.69 Å². The van der Waals surface area contributed by atoms with Crippen LogP contribution in [-0.4, -0.2) is 35.4 Å². The molecule has 19 heavy (non-hydrogen) atoms. The van der Waals surface area contributed by atoms with E-state index >= 15 is 0 Å². The number of nitrogens with one attached hydrogen (secondary N) is 1. The molecule has 0 fully saturated rings. The van der Waals surface area contributed by atoms with Crippen molar-refractivity contribution in [1.29, 1.82) is 0 Å². The normalized spacial score (nSPS) is 12.6. The van der Waals surface area contributed by atoms with Gasteiger partial charge >= 0.3 is 0 Å². The van der Waals surface area contributed by atoms with Crippen LogP contribution in [0.1, 0.15) is 0 Å². The molecule has 3 N–H and O–H groups in total. The van der Waals surface area contributed by atoms with Gasteiger partial charge in [0.25, 0.3) is 0 Å². The van der Waals surface area contributed by atoms with E-state index in [2.05, 4.69) is 4.72 Å². The van der Waals surface area contributed by atoms with Gasteiger partial charge in [0.1, 0.15) is 14.7 Å². The number of hydrogen-bond donors (Lipinski definition) is 2. The van der Waals surface area contributed by atoms with Crippen LogP contribution in [0, 0.1) is 0 Å². The molecule has 0 aliphatic heterocycles. The summed E-state index contributed by atoms with van der Waals surface area (Å²) < 4.78 is 47.9. The molecule has 0 bridgehead atoms. The topological polar surface area (TPSA) is 106 Å². The SMILES string of the molecule is CS(=O)(=O)CCNS(=O)(=O)c1c(N)cc(Cl)cc1Cl. The average Bonchev–Trinajstić information content (AvgIpc) is 2.11. The fraction of sp³-hybridized carbons (Fsp3) is 0.333. The predicted molar refractivity (Wildman–Crippen MR) is 75.8 cm³/mol. The van der Waals surface area contributed by atoms with Crippen molar-refractivity contribution in [3.05, 3.63) is 22.2 Å². The predicted octanol–water partition coefficient (Wildman–Crippen LogP) is 0.899. The van der Waals surface area contributed by atoms with E-state index < -0.39 is 19.9 Å². The molecule has 0 radical (unpaired) electrons. The summed E-state index contributed by atoms with van der Waals surface area (Å²) >= 11 is 11.5. The number of anilines is 1. The van der Waals surface area contributed by atoms with Crippen molar-refractivity contribution in [3.63, 3.8) is 0 Å². The molecule has 1 aromatic rings. The largest absolute Gasteiger partial charge is 0.398 e. The highest BCUT2D eigenvalue weighted by Crippen LogP contribution is 2.30. The molecule has 108 valence electrons. The second kappa shape index (κ2) is 5.84. The van der Waals surface area contributed by atoms with Gasteiger partial charge in [-0.3, -0.25) is 0 Å². The van der Waals surface area contributed by atoms with Crippen molar-refractivity contribution >= 4 is 48.7 Å². The van der Waals surface area contributed by atoms with E-state index in [1.807, 2.05) is 0 Å². The average molecular weight is 347 g/mol. The van der Waals surface area contributed by atoms with Crippen LogP contribution in [0.2, 0.25) is 10.0 Å². The van der Waals surface area contributed by atoms with Crippen molar-refractivity contribution in [2.45, 2.75) is 4.90 Å². The third-order valence-corrected chi connectivity index (χ3v) is 5.22. The van der Waals surface area contributed by atoms with Gasteiger partial charge in [-0.2, -0.15) is 0 Å². The summed E-state index contributed by atoms with van der Waals surface area (Å²) in [5, 5.41) is 0.0782. The fourth-order valence-electron chi connectivity index (χ4n) is 1.30. The minimum atomic E-state index is -3.99. The van der Waals surface area contributed by atoms with E-state index in [4.69, 9.17) is 28.9 Å². The highest BCUT2D eigenvalue weighted by molar-refractivity contribution is 7.91. The van der Waals surface area contributed by atoms with E-state index in [9.17, 15) is 16.8 Å². The summed E-state index contributed by atoms with van der Waals surface area (Å²) in [6, 6.07) is 2.49. The number of rotatable bonds is 5. The maximum Gasteiger partial charge on any atom is 0.244 e. The molecule has 0 saturated heterocycles. The van der Waals surface area contributed by atoms with Crippen molar-refractivity contribution in [3.8, 4) is 0 Å². The Morgan fingerprint density at radius 2 is 1.79 bits per heavy atom. The van der Waals surface area contributed by atoms with Gasteiger partial charge in [0.15, 0.2) is 0 Å². The summed E-state index contributed by atoms with van der Waals surface area (Å²) in [7, 11) is -7.26. The number of nitrogen functional groups attached to an aromatic ring is 1. The second-order valence-corrected chi connectivity index (χ2v) is 8.64. The summed E-state index contributed by atoms with van der Waals surface area (Å²) in [5.41, 5.74) is 5.45. The Morgan fingerprint density at radius 3 is 2.26 bits per heavy atom. The summed E-state index contributed by atoms with van der Waals surface area (Å²) in [5.74, 6) is -0.322. The lowest BCUT2D eigenvalue weighted by atomic mass is 10.3. The van der Waals surface area contributed by atoms with Gasteiger partial charge in [-0.25, -0.2) is 21.6 Å². The van der Waals surface area contributed by atoms with E-state index in [0.29, 0.717) is 0 Å². The van der Waals surface area contributed by atoms with Crippen LogP contribution in [-0.2, 0) is 19.9 Å². The Morgan fingerprint density at radius 1 is 1.21 bits per heavy atom. The number of hydrogen-bond acceptors (Lipinski definition) is 5. The number of sulfone groups is 1. The maximum absolute atomic E-state index is 12.0. The highest BCUT2D eigenvalue weighted by Gasteiger charge is 2.22. The summed E-state index contributed by atoms with van der Waals surface area (Å²) in [6.45, 7) is -0.264. The third kappa shape index (κ3) is 4.81. The molecule has 0 aliphatic carbocycles. The molecule has 0 aromatic heterocycles. The number of benzene rings is 1. The van der Waals surface area contributed by atoms with Crippen molar-refractivity contribution in [2.75, 3.05) is 24.3 Å². The molecule has 0 heterocycles. The molecule has 0 spiro atoms. The zero-order chi connectivity index (χ0) is 14.8. The highest BCUT2D eigenvalue weighted by atomic mass is 35.5. The number of sulfonamides is 1. The van der Waals surface area contributed by atoms with Gasteiger partial charge in [-0.1, -0.05) is 23.2 Å². The Hall–Kier alpha value is -0.540. The maximum atomic E-state index is 12.0. The van der Waals surface area contributed by atoms with Crippen LogP contribution >= 0.6 is 23.2 Å². The minimum absolute atomic E-state index is 0.107. The molecular formula is C9H12Cl2N2O4S2. The fourth-order valence-corrected chi connectivity index (χ4v) is 3.91. The first kappa shape index (κ1) is 16.5. The number of halogens is 2. The lowest BCUT2D eigenvalue weighted by Gasteiger charge is -2.10. The molecule has 0 saturated carbocycles. The van der Waals surface area contributed by atoms with E-state index in [1.54, 1.807) is 0 Å². The molecule has 0 amide bonds. The van der Waals surface area contributed by atoms with Gasteiger partial charge in [0.05, 0.1) is 16.5 Å². The van der Waals surface area contributed by atoms with Crippen LogP contribution in [0.3, 0.4) is 0 Å². The van der Waals surface area contributed by atoms with Crippen LogP contribution < -0.4 is 10.5 Å². The Balaban J connectivity index is 3.02. The third-order valence-electron chi connectivity index (χ3n) is 2.07. The first-order chi connectivity index (χ1) is 8.53. The molecule has 6 nitrogen and oxygen atoms in total. The molecule has 10 heteroatoms. The van der Waals surface area contributed by atoms with Gasteiger partial charge in [0, 0.05) is 17.8 Å². The molecule has 1 rings (SSSR count). The summed E-state index contributed by atoms with van der Waals surface area (Å²) in [4.78, 5) is -0.313. The van der Waals surface area contributed by atoms with Crippen molar-refractivity contribution < 1.29 is 16.8 Å². The Bertz CT molecular complexity index is 663. The zero-order valence-electron chi connectivity index (χ0n) is 9.85. The van der Waals surface area contributed by atoms with Gasteiger partial charge in [-0.05, 0) is 12.1 Å². The summed E-state index contributed by atoms with van der Waals surface area (Å²) in [6.07, 6.45) is 1.00. The smallest absolute Gasteiger partial charge is 0.244 e. The van der Waals surface area contributed by atoms with Crippen LogP contribution in [0.5, 0.6) is 0 Å². The van der Waals surface area contributed by atoms with E-state index in [0.717, 1.165) is 6.26 Å². The van der Waals surface area contributed by atoms with Crippen LogP contribution in [0.25, 0.3) is 0 Å².